The van der Waals surface area contributed by atoms with Gasteiger partial charge in [0.25, 0.3) is 0 Å². The predicted molar refractivity (Wildman–Crippen MR) is 138 cm³/mol. The largest absolute Gasteiger partial charge is 0.378 e. The third kappa shape index (κ3) is 4.45. The second kappa shape index (κ2) is 9.98. The van der Waals surface area contributed by atoms with Gasteiger partial charge in [0.1, 0.15) is 0 Å². The first-order valence-corrected chi connectivity index (χ1v) is 12.3. The van der Waals surface area contributed by atoms with E-state index in [1.807, 2.05) is 12.3 Å². The van der Waals surface area contributed by atoms with Crippen LogP contribution in [-0.4, -0.2) is 67.8 Å². The highest BCUT2D eigenvalue weighted by atomic mass is 16.5. The molecule has 2 aliphatic heterocycles. The fourth-order valence-electron chi connectivity index (χ4n) is 5.00. The number of benzene rings is 2. The van der Waals surface area contributed by atoms with Gasteiger partial charge in [-0.25, -0.2) is 0 Å². The Labute approximate surface area is 205 Å². The lowest BCUT2D eigenvalue weighted by molar-refractivity contribution is 0.122. The van der Waals surface area contributed by atoms with Crippen LogP contribution in [0.5, 0.6) is 0 Å². The first-order chi connectivity index (χ1) is 17.4. The molecule has 0 atom stereocenters. The molecule has 0 radical (unpaired) electrons. The van der Waals surface area contributed by atoms with E-state index in [1.54, 1.807) is 0 Å². The summed E-state index contributed by atoms with van der Waals surface area (Å²) >= 11 is 0. The molecular weight excluding hydrogens is 438 g/mol. The Morgan fingerprint density at radius 3 is 1.91 bits per heavy atom. The summed E-state index contributed by atoms with van der Waals surface area (Å²) in [7, 11) is 0. The van der Waals surface area contributed by atoms with Crippen molar-refractivity contribution in [3.05, 3.63) is 78.0 Å². The monoisotopic (exact) mass is 467 g/mol. The molecule has 0 aliphatic carbocycles. The molecular formula is C28H29N5O2. The Morgan fingerprint density at radius 2 is 1.26 bits per heavy atom. The molecule has 2 aromatic heterocycles. The number of nitrogens with zero attached hydrogens (tertiary/aromatic N) is 5. The van der Waals surface area contributed by atoms with Gasteiger partial charge in [-0.3, -0.25) is 4.98 Å². The van der Waals surface area contributed by atoms with Crippen molar-refractivity contribution >= 4 is 22.4 Å². The molecule has 7 heteroatoms. The summed E-state index contributed by atoms with van der Waals surface area (Å²) < 4.78 is 11.3. The van der Waals surface area contributed by atoms with E-state index in [4.69, 9.17) is 24.7 Å². The Morgan fingerprint density at radius 1 is 0.686 bits per heavy atom. The van der Waals surface area contributed by atoms with Crippen LogP contribution >= 0.6 is 0 Å². The van der Waals surface area contributed by atoms with Gasteiger partial charge in [0, 0.05) is 55.1 Å². The lowest BCUT2D eigenvalue weighted by atomic mass is 9.94. The van der Waals surface area contributed by atoms with Crippen LogP contribution in [-0.2, 0) is 15.9 Å². The molecule has 2 aliphatic rings. The first kappa shape index (κ1) is 21.9. The molecule has 4 aromatic rings. The topological polar surface area (TPSA) is 63.6 Å². The van der Waals surface area contributed by atoms with Crippen LogP contribution in [0.4, 0.5) is 11.6 Å². The molecule has 178 valence electrons. The van der Waals surface area contributed by atoms with E-state index in [0.717, 1.165) is 66.3 Å². The summed E-state index contributed by atoms with van der Waals surface area (Å²) in [5, 5.41) is 11.8. The zero-order valence-electron chi connectivity index (χ0n) is 19.8. The van der Waals surface area contributed by atoms with E-state index in [-0.39, 0.29) is 0 Å². The average molecular weight is 468 g/mol. The number of pyridine rings is 1. The molecule has 35 heavy (non-hydrogen) atoms. The van der Waals surface area contributed by atoms with E-state index in [9.17, 15) is 0 Å². The van der Waals surface area contributed by atoms with Crippen LogP contribution in [0.3, 0.4) is 0 Å². The Bertz CT molecular complexity index is 1290. The van der Waals surface area contributed by atoms with E-state index < -0.39 is 0 Å². The van der Waals surface area contributed by atoms with Gasteiger partial charge in [0.2, 0.25) is 0 Å². The van der Waals surface area contributed by atoms with Gasteiger partial charge in [-0.1, -0.05) is 60.7 Å². The van der Waals surface area contributed by atoms with Crippen molar-refractivity contribution in [3.8, 4) is 11.3 Å². The lowest BCUT2D eigenvalue weighted by Crippen LogP contribution is -2.39. The van der Waals surface area contributed by atoms with Gasteiger partial charge in [-0.05, 0) is 11.1 Å². The summed E-state index contributed by atoms with van der Waals surface area (Å²) in [4.78, 5) is 9.63. The number of rotatable bonds is 5. The fourth-order valence-corrected chi connectivity index (χ4v) is 5.00. The molecule has 6 rings (SSSR count). The van der Waals surface area contributed by atoms with Crippen LogP contribution in [0.2, 0.25) is 0 Å². The third-order valence-electron chi connectivity index (χ3n) is 6.78. The smallest absolute Gasteiger partial charge is 0.161 e. The molecule has 4 heterocycles. The van der Waals surface area contributed by atoms with Gasteiger partial charge in [0.15, 0.2) is 11.6 Å². The number of ether oxygens (including phenoxy) is 2. The van der Waals surface area contributed by atoms with E-state index in [1.165, 1.54) is 11.1 Å². The summed E-state index contributed by atoms with van der Waals surface area (Å²) in [6.45, 7) is 5.98. The maximum atomic E-state index is 5.65. The van der Waals surface area contributed by atoms with Crippen molar-refractivity contribution in [1.29, 1.82) is 0 Å². The standard InChI is InChI=1S/C28H29N5O2/c1-3-7-21(8-4-1)19-23-25-24(20-29-26(23)22-9-5-2-6-10-22)27(32-11-15-34-16-12-32)30-31-28(25)33-13-17-35-18-14-33/h1-10,20H,11-19H2. The number of morpholine rings is 2. The molecule has 0 unspecified atom stereocenters. The number of hydrogen-bond acceptors (Lipinski definition) is 7. The normalized spacial score (nSPS) is 16.6. The highest BCUT2D eigenvalue weighted by Gasteiger charge is 2.25. The molecule has 2 fully saturated rings. The molecule has 0 saturated carbocycles. The van der Waals surface area contributed by atoms with Crippen molar-refractivity contribution in [3.63, 3.8) is 0 Å². The fraction of sp³-hybridized carbons (Fsp3) is 0.321. The third-order valence-corrected chi connectivity index (χ3v) is 6.78. The average Bonchev–Trinajstić information content (AvgIpc) is 2.94. The minimum Gasteiger partial charge on any atom is -0.378 e. The Kier molecular flexibility index (Phi) is 6.26. The van der Waals surface area contributed by atoms with Gasteiger partial charge in [-0.2, -0.15) is 0 Å². The van der Waals surface area contributed by atoms with Crippen LogP contribution in [0.25, 0.3) is 22.0 Å². The lowest BCUT2D eigenvalue weighted by Gasteiger charge is -2.32. The predicted octanol–water partition coefficient (Wildman–Crippen LogP) is 3.96. The van der Waals surface area contributed by atoms with Gasteiger partial charge in [0.05, 0.1) is 32.1 Å². The number of aromatic nitrogens is 3. The zero-order valence-corrected chi connectivity index (χ0v) is 19.8. The Hall–Kier alpha value is -3.55. The minimum atomic E-state index is 0.693. The van der Waals surface area contributed by atoms with Crippen LogP contribution in [0, 0.1) is 0 Å². The van der Waals surface area contributed by atoms with Crippen molar-refractivity contribution in [2.75, 3.05) is 62.4 Å². The highest BCUT2D eigenvalue weighted by Crippen LogP contribution is 2.38. The van der Waals surface area contributed by atoms with Gasteiger partial charge >= 0.3 is 0 Å². The van der Waals surface area contributed by atoms with E-state index in [2.05, 4.69) is 64.4 Å². The van der Waals surface area contributed by atoms with Crippen molar-refractivity contribution < 1.29 is 9.47 Å². The SMILES string of the molecule is c1ccc(Cc2c(-c3ccccc3)ncc3c(N4CCOCC4)nnc(N4CCOCC4)c23)cc1. The van der Waals surface area contributed by atoms with Gasteiger partial charge < -0.3 is 19.3 Å². The minimum absolute atomic E-state index is 0.693. The molecule has 2 aromatic carbocycles. The quantitative estimate of drug-likeness (QED) is 0.440. The maximum absolute atomic E-state index is 5.65. The molecule has 0 spiro atoms. The highest BCUT2D eigenvalue weighted by molar-refractivity contribution is 6.03. The molecule has 0 amide bonds. The summed E-state index contributed by atoms with van der Waals surface area (Å²) in [6, 6.07) is 21.1. The zero-order chi connectivity index (χ0) is 23.5. The van der Waals surface area contributed by atoms with Crippen molar-refractivity contribution in [2.45, 2.75) is 6.42 Å². The van der Waals surface area contributed by atoms with Crippen molar-refractivity contribution in [1.82, 2.24) is 15.2 Å². The van der Waals surface area contributed by atoms with Crippen LogP contribution in [0.15, 0.2) is 66.9 Å². The van der Waals surface area contributed by atoms with Crippen molar-refractivity contribution in [2.24, 2.45) is 0 Å². The number of hydrogen-bond donors (Lipinski definition) is 0. The molecule has 0 bridgehead atoms. The number of anilines is 2. The summed E-state index contributed by atoms with van der Waals surface area (Å²) in [5.74, 6) is 1.81. The van der Waals surface area contributed by atoms with Crippen LogP contribution in [0.1, 0.15) is 11.1 Å². The Balaban J connectivity index is 1.61. The molecule has 0 N–H and O–H groups in total. The molecule has 7 nitrogen and oxygen atoms in total. The first-order valence-electron chi connectivity index (χ1n) is 12.3. The van der Waals surface area contributed by atoms with E-state index >= 15 is 0 Å². The second-order valence-corrected chi connectivity index (χ2v) is 8.95. The summed E-state index contributed by atoms with van der Waals surface area (Å²) in [5.41, 5.74) is 4.54. The second-order valence-electron chi connectivity index (χ2n) is 8.95. The number of fused-ring (bicyclic) bond motifs is 1. The maximum Gasteiger partial charge on any atom is 0.161 e. The summed E-state index contributed by atoms with van der Waals surface area (Å²) in [6.07, 6.45) is 2.76. The van der Waals surface area contributed by atoms with E-state index in [0.29, 0.717) is 26.4 Å². The van der Waals surface area contributed by atoms with Gasteiger partial charge in [-0.15, -0.1) is 10.2 Å². The molecule has 2 saturated heterocycles. The van der Waals surface area contributed by atoms with Crippen LogP contribution < -0.4 is 9.80 Å².